The van der Waals surface area contributed by atoms with Crippen LogP contribution in [0.25, 0.3) is 11.1 Å². The van der Waals surface area contributed by atoms with Crippen molar-refractivity contribution in [3.05, 3.63) is 41.3 Å². The molecule has 0 aliphatic heterocycles. The molecule has 0 fully saturated rings. The van der Waals surface area contributed by atoms with Gasteiger partial charge in [0, 0.05) is 5.56 Å². The van der Waals surface area contributed by atoms with Crippen molar-refractivity contribution >= 4 is 11.9 Å². The standard InChI is InChI=1S/C18H20O6/c1-5-22-17(19)15-14(12-7-9-13(21-4)10-8-12)11(3)24-16(15)18(20)23-6-2/h7-10H,5-6H2,1-4H3. The zero-order valence-corrected chi connectivity index (χ0v) is 14.2. The third kappa shape index (κ3) is 3.42. The minimum absolute atomic E-state index is 0.0815. The first-order valence-electron chi connectivity index (χ1n) is 7.65. The number of benzene rings is 1. The first kappa shape index (κ1) is 17.6. The van der Waals surface area contributed by atoms with Gasteiger partial charge in [-0.3, -0.25) is 0 Å². The van der Waals surface area contributed by atoms with Gasteiger partial charge in [-0.2, -0.15) is 0 Å². The molecule has 0 radical (unpaired) electrons. The molecule has 1 aromatic carbocycles. The molecule has 6 nitrogen and oxygen atoms in total. The van der Waals surface area contributed by atoms with Crippen molar-refractivity contribution in [2.24, 2.45) is 0 Å². The third-order valence-corrected chi connectivity index (χ3v) is 3.40. The van der Waals surface area contributed by atoms with Crippen molar-refractivity contribution < 1.29 is 28.2 Å². The maximum Gasteiger partial charge on any atom is 0.375 e. The van der Waals surface area contributed by atoms with Crippen LogP contribution in [-0.4, -0.2) is 32.3 Å². The van der Waals surface area contributed by atoms with Gasteiger partial charge in [-0.05, 0) is 38.5 Å². The predicted octanol–water partition coefficient (Wildman–Crippen LogP) is 3.62. The van der Waals surface area contributed by atoms with E-state index in [9.17, 15) is 9.59 Å². The van der Waals surface area contributed by atoms with Crippen LogP contribution < -0.4 is 4.74 Å². The van der Waals surface area contributed by atoms with Gasteiger partial charge in [0.1, 0.15) is 17.1 Å². The van der Waals surface area contributed by atoms with Gasteiger partial charge in [0.2, 0.25) is 5.76 Å². The number of hydrogen-bond acceptors (Lipinski definition) is 6. The highest BCUT2D eigenvalue weighted by Gasteiger charge is 2.30. The molecule has 128 valence electrons. The molecule has 2 aromatic rings. The van der Waals surface area contributed by atoms with Crippen LogP contribution >= 0.6 is 0 Å². The summed E-state index contributed by atoms with van der Waals surface area (Å²) in [5.41, 5.74) is 1.31. The monoisotopic (exact) mass is 332 g/mol. The second-order valence-corrected chi connectivity index (χ2v) is 4.91. The van der Waals surface area contributed by atoms with Crippen LogP contribution in [-0.2, 0) is 9.47 Å². The third-order valence-electron chi connectivity index (χ3n) is 3.40. The smallest absolute Gasteiger partial charge is 0.375 e. The maximum absolute atomic E-state index is 12.4. The minimum Gasteiger partial charge on any atom is -0.497 e. The summed E-state index contributed by atoms with van der Waals surface area (Å²) >= 11 is 0. The fourth-order valence-corrected chi connectivity index (χ4v) is 2.39. The van der Waals surface area contributed by atoms with E-state index < -0.39 is 11.9 Å². The number of carbonyl (C=O) groups is 2. The molecule has 0 aliphatic rings. The van der Waals surface area contributed by atoms with Gasteiger partial charge in [0.25, 0.3) is 0 Å². The van der Waals surface area contributed by atoms with Crippen molar-refractivity contribution in [2.75, 3.05) is 20.3 Å². The fourth-order valence-electron chi connectivity index (χ4n) is 2.39. The number of hydrogen-bond donors (Lipinski definition) is 0. The largest absolute Gasteiger partial charge is 0.497 e. The van der Waals surface area contributed by atoms with Gasteiger partial charge in [-0.1, -0.05) is 12.1 Å². The first-order valence-corrected chi connectivity index (χ1v) is 7.65. The van der Waals surface area contributed by atoms with Crippen LogP contribution in [0.1, 0.15) is 40.5 Å². The molecule has 1 heterocycles. The van der Waals surface area contributed by atoms with Crippen molar-refractivity contribution in [3.63, 3.8) is 0 Å². The predicted molar refractivity (Wildman–Crippen MR) is 87.3 cm³/mol. The minimum atomic E-state index is -0.691. The van der Waals surface area contributed by atoms with E-state index in [1.165, 1.54) is 0 Å². The number of esters is 2. The molecular formula is C18H20O6. The molecule has 0 saturated carbocycles. The second-order valence-electron chi connectivity index (χ2n) is 4.91. The lowest BCUT2D eigenvalue weighted by Gasteiger charge is -2.07. The van der Waals surface area contributed by atoms with Crippen molar-refractivity contribution in [1.29, 1.82) is 0 Å². The van der Waals surface area contributed by atoms with E-state index in [2.05, 4.69) is 0 Å². The zero-order valence-electron chi connectivity index (χ0n) is 14.2. The van der Waals surface area contributed by atoms with E-state index in [-0.39, 0.29) is 24.5 Å². The van der Waals surface area contributed by atoms with Gasteiger partial charge in [-0.25, -0.2) is 9.59 Å². The SMILES string of the molecule is CCOC(=O)c1oc(C)c(-c2ccc(OC)cc2)c1C(=O)OCC. The lowest BCUT2D eigenvalue weighted by Crippen LogP contribution is -2.12. The number of rotatable bonds is 6. The number of carbonyl (C=O) groups excluding carboxylic acids is 2. The molecule has 0 aliphatic carbocycles. The van der Waals surface area contributed by atoms with Gasteiger partial charge < -0.3 is 18.6 Å². The summed E-state index contributed by atoms with van der Waals surface area (Å²) < 4.78 is 20.7. The molecule has 6 heteroatoms. The lowest BCUT2D eigenvalue weighted by molar-refractivity contribution is 0.0451. The molecule has 0 saturated heterocycles. The van der Waals surface area contributed by atoms with E-state index in [1.54, 1.807) is 52.1 Å². The van der Waals surface area contributed by atoms with Gasteiger partial charge in [0.15, 0.2) is 0 Å². The Kier molecular flexibility index (Phi) is 5.63. The molecule has 1 aromatic heterocycles. The van der Waals surface area contributed by atoms with Gasteiger partial charge >= 0.3 is 11.9 Å². The van der Waals surface area contributed by atoms with E-state index >= 15 is 0 Å². The van der Waals surface area contributed by atoms with Crippen LogP contribution in [0.5, 0.6) is 5.75 Å². The zero-order chi connectivity index (χ0) is 17.7. The number of aryl methyl sites for hydroxylation is 1. The summed E-state index contributed by atoms with van der Waals surface area (Å²) in [6, 6.07) is 7.10. The van der Waals surface area contributed by atoms with Crippen molar-refractivity contribution in [3.8, 4) is 16.9 Å². The Morgan fingerprint density at radius 1 is 1.00 bits per heavy atom. The van der Waals surface area contributed by atoms with Gasteiger partial charge in [0.05, 0.1) is 20.3 Å². The Morgan fingerprint density at radius 3 is 2.12 bits per heavy atom. The summed E-state index contributed by atoms with van der Waals surface area (Å²) in [6.07, 6.45) is 0. The van der Waals surface area contributed by atoms with E-state index in [0.29, 0.717) is 17.1 Å². The number of methoxy groups -OCH3 is 1. The average molecular weight is 332 g/mol. The second kappa shape index (κ2) is 7.68. The summed E-state index contributed by atoms with van der Waals surface area (Å²) in [6.45, 7) is 5.43. The van der Waals surface area contributed by atoms with Gasteiger partial charge in [-0.15, -0.1) is 0 Å². The molecule has 0 spiro atoms. The fraction of sp³-hybridized carbons (Fsp3) is 0.333. The molecule has 24 heavy (non-hydrogen) atoms. The molecule has 0 atom stereocenters. The Balaban J connectivity index is 2.60. The number of ether oxygens (including phenoxy) is 3. The van der Waals surface area contributed by atoms with Crippen LogP contribution in [0.3, 0.4) is 0 Å². The van der Waals surface area contributed by atoms with E-state index in [1.807, 2.05) is 0 Å². The summed E-state index contributed by atoms with van der Waals surface area (Å²) in [5, 5.41) is 0. The van der Waals surface area contributed by atoms with Crippen LogP contribution in [0.15, 0.2) is 28.7 Å². The molecular weight excluding hydrogens is 312 g/mol. The average Bonchev–Trinajstić information content (AvgIpc) is 2.93. The van der Waals surface area contributed by atoms with Crippen LogP contribution in [0, 0.1) is 6.92 Å². The van der Waals surface area contributed by atoms with Crippen LogP contribution in [0.2, 0.25) is 0 Å². The quantitative estimate of drug-likeness (QED) is 0.752. The first-order chi connectivity index (χ1) is 11.5. The van der Waals surface area contributed by atoms with Crippen LogP contribution in [0.4, 0.5) is 0 Å². The highest BCUT2D eigenvalue weighted by molar-refractivity contribution is 6.07. The highest BCUT2D eigenvalue weighted by Crippen LogP contribution is 2.34. The molecule has 2 rings (SSSR count). The van der Waals surface area contributed by atoms with E-state index in [0.717, 1.165) is 5.56 Å². The highest BCUT2D eigenvalue weighted by atomic mass is 16.5. The summed E-state index contributed by atoms with van der Waals surface area (Å²) in [4.78, 5) is 24.5. The Morgan fingerprint density at radius 2 is 1.58 bits per heavy atom. The Bertz CT molecular complexity index is 727. The summed E-state index contributed by atoms with van der Waals surface area (Å²) in [5.74, 6) is -0.334. The van der Waals surface area contributed by atoms with Crippen molar-refractivity contribution in [2.45, 2.75) is 20.8 Å². The maximum atomic E-state index is 12.4. The Hall–Kier alpha value is -2.76. The Labute approximate surface area is 140 Å². The topological polar surface area (TPSA) is 75.0 Å². The normalized spacial score (nSPS) is 10.3. The molecule has 0 N–H and O–H groups in total. The lowest BCUT2D eigenvalue weighted by atomic mass is 10.00. The van der Waals surface area contributed by atoms with E-state index in [4.69, 9.17) is 18.6 Å². The molecule has 0 amide bonds. The summed E-state index contributed by atoms with van der Waals surface area (Å²) in [7, 11) is 1.57. The molecule has 0 unspecified atom stereocenters. The van der Waals surface area contributed by atoms with Crippen molar-refractivity contribution in [1.82, 2.24) is 0 Å². The molecule has 0 bridgehead atoms. The number of furan rings is 1.